The highest BCUT2D eigenvalue weighted by molar-refractivity contribution is 6.07. The summed E-state index contributed by atoms with van der Waals surface area (Å²) in [6, 6.07) is 24.5. The number of nitrogens with zero attached hydrogens (tertiary/aromatic N) is 1. The number of carbonyl (C=O) groups is 1. The fourth-order valence-corrected chi connectivity index (χ4v) is 6.92. The number of fused-ring (bicyclic) bond motifs is 3. The van der Waals surface area contributed by atoms with E-state index in [1.165, 1.54) is 0 Å². The van der Waals surface area contributed by atoms with Crippen LogP contribution in [0.2, 0.25) is 0 Å². The quantitative estimate of drug-likeness (QED) is 0.734. The molecule has 2 saturated carbocycles. The van der Waals surface area contributed by atoms with Crippen LogP contribution in [0.3, 0.4) is 0 Å². The minimum absolute atomic E-state index is 0.00747. The molecule has 1 N–H and O–H groups in total. The fraction of sp³-hybridized carbons (Fsp3) is 0.320. The number of carbonyl (C=O) groups excluding carboxylic acids is 1. The van der Waals surface area contributed by atoms with Crippen molar-refractivity contribution in [2.45, 2.75) is 24.4 Å². The second kappa shape index (κ2) is 5.26. The Balaban J connectivity index is 1.53. The van der Waals surface area contributed by atoms with Crippen molar-refractivity contribution < 1.29 is 14.6 Å². The molecule has 4 heteroatoms. The first kappa shape index (κ1) is 16.1. The number of hydrogen-bond acceptors (Lipinski definition) is 3. The molecular formula is C25H21NO3. The highest BCUT2D eigenvalue weighted by Gasteiger charge is 2.79. The lowest BCUT2D eigenvalue weighted by atomic mass is 9.75. The number of amides is 1. The number of rotatable bonds is 2. The third-order valence-corrected chi connectivity index (χ3v) is 7.85. The second-order valence-electron chi connectivity index (χ2n) is 8.92. The Hall–Kier alpha value is -2.69. The number of hydrogen-bond donors (Lipinski definition) is 1. The van der Waals surface area contributed by atoms with E-state index in [0.29, 0.717) is 0 Å². The first-order valence-corrected chi connectivity index (χ1v) is 10.4. The third kappa shape index (κ3) is 1.72. The van der Waals surface area contributed by atoms with E-state index in [9.17, 15) is 9.90 Å². The first-order chi connectivity index (χ1) is 14.2. The Labute approximate surface area is 168 Å². The van der Waals surface area contributed by atoms with E-state index in [1.807, 2.05) is 47.4 Å². The van der Waals surface area contributed by atoms with Gasteiger partial charge in [-0.15, -0.1) is 0 Å². The average Bonchev–Trinajstić information content (AvgIpc) is 3.44. The van der Waals surface area contributed by atoms with Crippen molar-refractivity contribution in [2.24, 2.45) is 23.7 Å². The van der Waals surface area contributed by atoms with Crippen LogP contribution in [0.4, 0.5) is 5.69 Å². The summed E-state index contributed by atoms with van der Waals surface area (Å²) in [4.78, 5) is 15.9. The summed E-state index contributed by atoms with van der Waals surface area (Å²) in [6.07, 6.45) is 0.169. The lowest BCUT2D eigenvalue weighted by molar-refractivity contribution is -0.133. The van der Waals surface area contributed by atoms with Crippen LogP contribution in [0, 0.1) is 23.7 Å². The normalized spacial score (nSPS) is 39.1. The average molecular weight is 383 g/mol. The molecule has 4 fully saturated rings. The summed E-state index contributed by atoms with van der Waals surface area (Å²) < 4.78 is 6.76. The second-order valence-corrected chi connectivity index (χ2v) is 8.92. The summed E-state index contributed by atoms with van der Waals surface area (Å²) in [5.41, 5.74) is 1.08. The van der Waals surface area contributed by atoms with Crippen LogP contribution in [0.1, 0.15) is 12.0 Å². The van der Waals surface area contributed by atoms with Crippen molar-refractivity contribution in [1.29, 1.82) is 0 Å². The molecule has 0 spiro atoms. The van der Waals surface area contributed by atoms with E-state index in [-0.39, 0.29) is 35.7 Å². The highest BCUT2D eigenvalue weighted by Crippen LogP contribution is 2.71. The molecule has 4 aliphatic rings. The Morgan fingerprint density at radius 3 is 2.55 bits per heavy atom. The zero-order valence-electron chi connectivity index (χ0n) is 15.8. The first-order valence-electron chi connectivity index (χ1n) is 10.4. The Morgan fingerprint density at radius 2 is 1.69 bits per heavy atom. The summed E-state index contributed by atoms with van der Waals surface area (Å²) in [5.74, 6) is 0.264. The molecule has 7 rings (SSSR count). The molecule has 7 unspecified atom stereocenters. The largest absolute Gasteiger partial charge is 0.390 e. The monoisotopic (exact) mass is 383 g/mol. The molecule has 0 radical (unpaired) electrons. The van der Waals surface area contributed by atoms with Crippen LogP contribution in [0.15, 0.2) is 72.8 Å². The van der Waals surface area contributed by atoms with Crippen molar-refractivity contribution in [1.82, 2.24) is 0 Å². The lowest BCUT2D eigenvalue weighted by Crippen LogP contribution is -2.49. The van der Waals surface area contributed by atoms with Gasteiger partial charge in [0.25, 0.3) is 0 Å². The summed E-state index contributed by atoms with van der Waals surface area (Å²) >= 11 is 0. The molecular weight excluding hydrogens is 362 g/mol. The molecule has 1 amide bonds. The molecule has 2 saturated heterocycles. The Kier molecular flexibility index (Phi) is 2.93. The SMILES string of the molecule is O=C1C2C3CC4C(OC(c5ccccc5)(C42)N1c1cccc2ccccc12)C3O. The molecule has 3 aromatic rings. The molecule has 144 valence electrons. The number of aliphatic hydroxyl groups is 1. The number of ether oxygens (including phenoxy) is 1. The van der Waals surface area contributed by atoms with Crippen LogP contribution >= 0.6 is 0 Å². The van der Waals surface area contributed by atoms with E-state index in [0.717, 1.165) is 28.4 Å². The van der Waals surface area contributed by atoms with Crippen LogP contribution in [-0.4, -0.2) is 23.2 Å². The minimum Gasteiger partial charge on any atom is -0.390 e. The van der Waals surface area contributed by atoms with Gasteiger partial charge in [0, 0.05) is 16.9 Å². The van der Waals surface area contributed by atoms with Gasteiger partial charge >= 0.3 is 0 Å². The van der Waals surface area contributed by atoms with Crippen molar-refractivity contribution >= 4 is 22.4 Å². The van der Waals surface area contributed by atoms with Gasteiger partial charge in [0.15, 0.2) is 5.72 Å². The van der Waals surface area contributed by atoms with Gasteiger partial charge in [-0.2, -0.15) is 0 Å². The standard InChI is InChI=1S/C25H21NO3/c27-22-17-13-18-21-20(17)24(28)26(19-12-6-8-14-7-4-5-11-16(14)19)25(21,29-23(18)22)15-9-2-1-3-10-15/h1-12,17-18,20-23,27H,13H2. The molecule has 3 aromatic carbocycles. The maximum Gasteiger partial charge on any atom is 0.233 e. The number of benzene rings is 3. The molecule has 2 aliphatic carbocycles. The van der Waals surface area contributed by atoms with Crippen LogP contribution in [0.25, 0.3) is 10.8 Å². The van der Waals surface area contributed by atoms with E-state index >= 15 is 0 Å². The zero-order valence-corrected chi connectivity index (χ0v) is 15.8. The Bertz CT molecular complexity index is 1160. The highest BCUT2D eigenvalue weighted by atomic mass is 16.6. The predicted octanol–water partition coefficient (Wildman–Crippen LogP) is 3.68. The number of anilines is 1. The summed E-state index contributed by atoms with van der Waals surface area (Å²) in [5, 5.41) is 13.0. The van der Waals surface area contributed by atoms with Gasteiger partial charge < -0.3 is 9.84 Å². The Morgan fingerprint density at radius 1 is 0.931 bits per heavy atom. The van der Waals surface area contributed by atoms with Gasteiger partial charge in [-0.1, -0.05) is 66.7 Å². The molecule has 4 nitrogen and oxygen atoms in total. The molecule has 2 heterocycles. The van der Waals surface area contributed by atoms with Crippen LogP contribution < -0.4 is 4.90 Å². The molecule has 0 aromatic heterocycles. The van der Waals surface area contributed by atoms with Crippen LogP contribution in [-0.2, 0) is 15.3 Å². The topological polar surface area (TPSA) is 49.8 Å². The fourth-order valence-electron chi connectivity index (χ4n) is 6.92. The minimum atomic E-state index is -0.839. The smallest absolute Gasteiger partial charge is 0.233 e. The third-order valence-electron chi connectivity index (χ3n) is 7.85. The van der Waals surface area contributed by atoms with E-state index < -0.39 is 11.8 Å². The lowest BCUT2D eigenvalue weighted by Gasteiger charge is -2.39. The van der Waals surface area contributed by atoms with Crippen molar-refractivity contribution in [3.8, 4) is 0 Å². The van der Waals surface area contributed by atoms with Gasteiger partial charge in [0.1, 0.15) is 0 Å². The van der Waals surface area contributed by atoms with Gasteiger partial charge in [0.05, 0.1) is 23.8 Å². The van der Waals surface area contributed by atoms with Crippen molar-refractivity contribution in [3.63, 3.8) is 0 Å². The molecule has 2 aliphatic heterocycles. The number of aliphatic hydroxyl groups excluding tert-OH is 1. The maximum atomic E-state index is 13.9. The van der Waals surface area contributed by atoms with Crippen molar-refractivity contribution in [3.05, 3.63) is 78.4 Å². The maximum absolute atomic E-state index is 13.9. The van der Waals surface area contributed by atoms with E-state index in [2.05, 4.69) is 30.3 Å². The van der Waals surface area contributed by atoms with Crippen LogP contribution in [0.5, 0.6) is 0 Å². The van der Waals surface area contributed by atoms with E-state index in [1.54, 1.807) is 0 Å². The molecule has 2 bridgehead atoms. The summed E-state index contributed by atoms with van der Waals surface area (Å²) in [7, 11) is 0. The van der Waals surface area contributed by atoms with Gasteiger partial charge in [-0.25, -0.2) is 0 Å². The predicted molar refractivity (Wildman–Crippen MR) is 109 cm³/mol. The molecule has 29 heavy (non-hydrogen) atoms. The van der Waals surface area contributed by atoms with Crippen molar-refractivity contribution in [2.75, 3.05) is 4.90 Å². The molecule has 7 atom stereocenters. The zero-order chi connectivity index (χ0) is 19.3. The van der Waals surface area contributed by atoms with Gasteiger partial charge in [-0.05, 0) is 29.7 Å². The van der Waals surface area contributed by atoms with Gasteiger partial charge in [-0.3, -0.25) is 9.69 Å². The summed E-state index contributed by atoms with van der Waals surface area (Å²) in [6.45, 7) is 0. The van der Waals surface area contributed by atoms with E-state index in [4.69, 9.17) is 4.74 Å². The van der Waals surface area contributed by atoms with Gasteiger partial charge in [0.2, 0.25) is 5.91 Å².